The van der Waals surface area contributed by atoms with E-state index in [-0.39, 0.29) is 18.4 Å². The molecule has 5 atom stereocenters. The van der Waals surface area contributed by atoms with Crippen LogP contribution in [0.15, 0.2) is 35.2 Å². The number of rotatable bonds is 10. The Hall–Kier alpha value is -1.08. The van der Waals surface area contributed by atoms with E-state index in [1.165, 1.54) is 17.7 Å². The molecule has 0 aliphatic carbocycles. The van der Waals surface area contributed by atoms with Crippen molar-refractivity contribution in [2.24, 2.45) is 11.8 Å². The number of ether oxygens (including phenoxy) is 2. The number of fused-ring (bicyclic) bond motifs is 2. The molecule has 5 unspecified atom stereocenters. The summed E-state index contributed by atoms with van der Waals surface area (Å²) in [5, 5.41) is 8.53. The number of carbonyl (C=O) groups is 1. The van der Waals surface area contributed by atoms with Gasteiger partial charge in [0.05, 0.1) is 18.3 Å². The molecule has 0 spiro atoms. The standard InChI is InChI=1S/C20H29NO4S/c1-14(7-10-20(22)21-23)24-12-11-16-17(19-9-8-18(16)25-19)13-26-15-5-3-2-4-6-15/h2-6,14,16-19,23H,7-13H2,1H3,(H,21,22). The second-order valence-corrected chi connectivity index (χ2v) is 8.38. The summed E-state index contributed by atoms with van der Waals surface area (Å²) in [6, 6.07) is 10.6. The smallest absolute Gasteiger partial charge is 0.243 e. The van der Waals surface area contributed by atoms with E-state index in [0.29, 0.717) is 37.1 Å². The molecule has 2 aliphatic heterocycles. The van der Waals surface area contributed by atoms with E-state index in [2.05, 4.69) is 30.3 Å². The van der Waals surface area contributed by atoms with Gasteiger partial charge < -0.3 is 9.47 Å². The Balaban J connectivity index is 1.43. The Morgan fingerprint density at radius 2 is 2.04 bits per heavy atom. The summed E-state index contributed by atoms with van der Waals surface area (Å²) in [5.41, 5.74) is 1.66. The van der Waals surface area contributed by atoms with Crippen LogP contribution in [0.25, 0.3) is 0 Å². The topological polar surface area (TPSA) is 67.8 Å². The van der Waals surface area contributed by atoms with Crippen LogP contribution in [0, 0.1) is 11.8 Å². The lowest BCUT2D eigenvalue weighted by Crippen LogP contribution is -2.30. The van der Waals surface area contributed by atoms with E-state index < -0.39 is 0 Å². The van der Waals surface area contributed by atoms with Crippen LogP contribution in [0.3, 0.4) is 0 Å². The van der Waals surface area contributed by atoms with Crippen LogP contribution >= 0.6 is 11.8 Å². The molecule has 3 rings (SSSR count). The van der Waals surface area contributed by atoms with Crippen molar-refractivity contribution in [2.45, 2.75) is 62.2 Å². The normalized spacial score (nSPS) is 28.2. The quantitative estimate of drug-likeness (QED) is 0.369. The van der Waals surface area contributed by atoms with Crippen molar-refractivity contribution in [3.05, 3.63) is 30.3 Å². The number of nitrogens with one attached hydrogen (secondary N) is 1. The first-order chi connectivity index (χ1) is 12.7. The monoisotopic (exact) mass is 379 g/mol. The maximum Gasteiger partial charge on any atom is 0.243 e. The molecule has 1 aromatic rings. The van der Waals surface area contributed by atoms with Crippen LogP contribution in [0.4, 0.5) is 0 Å². The summed E-state index contributed by atoms with van der Waals surface area (Å²) < 4.78 is 12.1. The second kappa shape index (κ2) is 9.74. The number of hydrogen-bond donors (Lipinski definition) is 2. The lowest BCUT2D eigenvalue weighted by atomic mass is 9.79. The van der Waals surface area contributed by atoms with E-state index in [0.717, 1.165) is 12.2 Å². The molecule has 26 heavy (non-hydrogen) atoms. The average Bonchev–Trinajstić information content (AvgIpc) is 3.27. The van der Waals surface area contributed by atoms with Crippen molar-refractivity contribution >= 4 is 17.7 Å². The number of benzene rings is 1. The third-order valence-electron chi connectivity index (χ3n) is 5.53. The summed E-state index contributed by atoms with van der Waals surface area (Å²) >= 11 is 1.93. The lowest BCUT2D eigenvalue weighted by Gasteiger charge is -2.28. The fourth-order valence-corrected chi connectivity index (χ4v) is 5.29. The second-order valence-electron chi connectivity index (χ2n) is 7.29. The zero-order chi connectivity index (χ0) is 18.4. The highest BCUT2D eigenvalue weighted by Crippen LogP contribution is 2.46. The Labute approximate surface area is 159 Å². The molecular weight excluding hydrogens is 350 g/mol. The molecular formula is C20H29NO4S. The predicted molar refractivity (Wildman–Crippen MR) is 101 cm³/mol. The molecule has 5 nitrogen and oxygen atoms in total. The van der Waals surface area contributed by atoms with Crippen LogP contribution < -0.4 is 5.48 Å². The largest absolute Gasteiger partial charge is 0.378 e. The summed E-state index contributed by atoms with van der Waals surface area (Å²) in [4.78, 5) is 12.4. The SMILES string of the molecule is CC(CCC(=O)NO)OCCC1C2CCC(O2)C1CSc1ccccc1. The molecule has 6 heteroatoms. The number of hydroxylamine groups is 1. The Bertz CT molecular complexity index is 570. The van der Waals surface area contributed by atoms with Gasteiger partial charge in [-0.3, -0.25) is 10.0 Å². The highest BCUT2D eigenvalue weighted by atomic mass is 32.2. The van der Waals surface area contributed by atoms with Gasteiger partial charge in [-0.15, -0.1) is 11.8 Å². The van der Waals surface area contributed by atoms with Gasteiger partial charge in [-0.2, -0.15) is 0 Å². The molecule has 2 aliphatic rings. The van der Waals surface area contributed by atoms with E-state index >= 15 is 0 Å². The molecule has 144 valence electrons. The van der Waals surface area contributed by atoms with Crippen LogP contribution in [0.2, 0.25) is 0 Å². The van der Waals surface area contributed by atoms with Crippen molar-refractivity contribution in [3.8, 4) is 0 Å². The minimum Gasteiger partial charge on any atom is -0.378 e. The van der Waals surface area contributed by atoms with Gasteiger partial charge in [0.25, 0.3) is 0 Å². The van der Waals surface area contributed by atoms with E-state index in [9.17, 15) is 4.79 Å². The molecule has 2 N–H and O–H groups in total. The molecule has 2 fully saturated rings. The van der Waals surface area contributed by atoms with E-state index in [4.69, 9.17) is 14.7 Å². The summed E-state index contributed by atoms with van der Waals surface area (Å²) in [6.07, 6.45) is 5.09. The molecule has 0 saturated carbocycles. The fourth-order valence-electron chi connectivity index (χ4n) is 4.09. The molecule has 2 bridgehead atoms. The van der Waals surface area contributed by atoms with Crippen molar-refractivity contribution < 1.29 is 19.5 Å². The molecule has 2 heterocycles. The number of amides is 1. The number of hydrogen-bond acceptors (Lipinski definition) is 5. The number of carbonyl (C=O) groups excluding carboxylic acids is 1. The summed E-state index contributed by atoms with van der Waals surface area (Å²) in [7, 11) is 0. The molecule has 2 saturated heterocycles. The van der Waals surface area contributed by atoms with Crippen LogP contribution in [-0.2, 0) is 14.3 Å². The Kier molecular flexibility index (Phi) is 7.37. The van der Waals surface area contributed by atoms with E-state index in [1.54, 1.807) is 5.48 Å². The molecule has 0 radical (unpaired) electrons. The highest BCUT2D eigenvalue weighted by Gasteiger charge is 2.48. The van der Waals surface area contributed by atoms with Gasteiger partial charge in [0.15, 0.2) is 0 Å². The Morgan fingerprint density at radius 3 is 2.77 bits per heavy atom. The molecule has 0 aromatic heterocycles. The van der Waals surface area contributed by atoms with Gasteiger partial charge >= 0.3 is 0 Å². The van der Waals surface area contributed by atoms with Crippen LogP contribution in [0.5, 0.6) is 0 Å². The van der Waals surface area contributed by atoms with Crippen LogP contribution in [-0.4, -0.2) is 41.8 Å². The zero-order valence-electron chi connectivity index (χ0n) is 15.3. The maximum atomic E-state index is 11.1. The lowest BCUT2D eigenvalue weighted by molar-refractivity contribution is -0.129. The van der Waals surface area contributed by atoms with Crippen molar-refractivity contribution in [2.75, 3.05) is 12.4 Å². The van der Waals surface area contributed by atoms with Gasteiger partial charge in [-0.1, -0.05) is 18.2 Å². The highest BCUT2D eigenvalue weighted by molar-refractivity contribution is 7.99. The first-order valence-corrected chi connectivity index (χ1v) is 10.5. The molecule has 1 amide bonds. The first-order valence-electron chi connectivity index (χ1n) is 9.55. The Morgan fingerprint density at radius 1 is 1.31 bits per heavy atom. The van der Waals surface area contributed by atoms with Gasteiger partial charge in [0.1, 0.15) is 0 Å². The third kappa shape index (κ3) is 5.22. The van der Waals surface area contributed by atoms with Gasteiger partial charge in [-0.25, -0.2) is 5.48 Å². The zero-order valence-corrected chi connectivity index (χ0v) is 16.1. The van der Waals surface area contributed by atoms with Gasteiger partial charge in [-0.05, 0) is 56.6 Å². The summed E-state index contributed by atoms with van der Waals surface area (Å²) in [5.74, 6) is 1.90. The number of thioether (sulfide) groups is 1. The fraction of sp³-hybridized carbons (Fsp3) is 0.650. The van der Waals surface area contributed by atoms with Crippen molar-refractivity contribution in [1.82, 2.24) is 5.48 Å². The molecule has 1 aromatic carbocycles. The van der Waals surface area contributed by atoms with Crippen molar-refractivity contribution in [1.29, 1.82) is 0 Å². The average molecular weight is 380 g/mol. The third-order valence-corrected chi connectivity index (χ3v) is 6.69. The minimum atomic E-state index is -0.361. The van der Waals surface area contributed by atoms with Gasteiger partial charge in [0.2, 0.25) is 5.91 Å². The minimum absolute atomic E-state index is 0.0175. The summed E-state index contributed by atoms with van der Waals surface area (Å²) in [6.45, 7) is 2.68. The van der Waals surface area contributed by atoms with E-state index in [1.807, 2.05) is 18.7 Å². The van der Waals surface area contributed by atoms with Crippen molar-refractivity contribution in [3.63, 3.8) is 0 Å². The van der Waals surface area contributed by atoms with Gasteiger partial charge in [0, 0.05) is 23.7 Å². The maximum absolute atomic E-state index is 11.1. The van der Waals surface area contributed by atoms with Crippen LogP contribution in [0.1, 0.15) is 39.0 Å². The predicted octanol–water partition coefficient (Wildman–Crippen LogP) is 3.65. The first kappa shape index (κ1) is 19.7.